The molecule has 2 rings (SSSR count). The fraction of sp³-hybridized carbons (Fsp3) is 0.0909. The molecule has 0 aliphatic rings. The Bertz CT molecular complexity index is 506. The first-order chi connectivity index (χ1) is 6.70. The summed E-state index contributed by atoms with van der Waals surface area (Å²) in [6.07, 6.45) is 1.67. The lowest BCUT2D eigenvalue weighted by Crippen LogP contribution is -2.00. The molecule has 0 spiro atoms. The number of hydrogen-bond donors (Lipinski definition) is 1. The number of carboxylic acids is 1. The summed E-state index contributed by atoms with van der Waals surface area (Å²) >= 11 is 0. The highest BCUT2D eigenvalue weighted by molar-refractivity contribution is 5.96. The van der Waals surface area contributed by atoms with Crippen LogP contribution in [0.3, 0.4) is 0 Å². The fourth-order valence-corrected chi connectivity index (χ4v) is 1.52. The average molecular weight is 187 g/mol. The first-order valence-corrected chi connectivity index (χ1v) is 4.28. The van der Waals surface area contributed by atoms with Gasteiger partial charge in [-0.15, -0.1) is 0 Å². The van der Waals surface area contributed by atoms with Gasteiger partial charge in [0.25, 0.3) is 0 Å². The maximum atomic E-state index is 10.8. The molecule has 14 heavy (non-hydrogen) atoms. The van der Waals surface area contributed by atoms with Gasteiger partial charge in [0.2, 0.25) is 0 Å². The third-order valence-corrected chi connectivity index (χ3v) is 2.26. The van der Waals surface area contributed by atoms with Crippen LogP contribution < -0.4 is 0 Å². The largest absolute Gasteiger partial charge is 0.478 e. The van der Waals surface area contributed by atoms with E-state index < -0.39 is 5.97 Å². The van der Waals surface area contributed by atoms with E-state index in [-0.39, 0.29) is 0 Å². The van der Waals surface area contributed by atoms with Crippen LogP contribution in [0.15, 0.2) is 30.5 Å². The van der Waals surface area contributed by atoms with Crippen LogP contribution in [0.25, 0.3) is 10.9 Å². The van der Waals surface area contributed by atoms with Crippen LogP contribution in [-0.2, 0) is 0 Å². The van der Waals surface area contributed by atoms with Crippen LogP contribution in [0, 0.1) is 6.92 Å². The Kier molecular flexibility index (Phi) is 1.93. The molecule has 0 aliphatic carbocycles. The van der Waals surface area contributed by atoms with E-state index in [1.165, 1.54) is 0 Å². The number of rotatable bonds is 1. The molecule has 0 fully saturated rings. The monoisotopic (exact) mass is 187 g/mol. The molecule has 1 heterocycles. The zero-order chi connectivity index (χ0) is 10.1. The number of carbonyl (C=O) groups is 1. The van der Waals surface area contributed by atoms with Crippen LogP contribution in [-0.4, -0.2) is 16.1 Å². The summed E-state index contributed by atoms with van der Waals surface area (Å²) in [6.45, 7) is 1.78. The van der Waals surface area contributed by atoms with Crippen LogP contribution in [0.1, 0.15) is 15.9 Å². The SMILES string of the molecule is Cc1c(C(=O)O)ccc2cccnc12. The van der Waals surface area contributed by atoms with Crippen molar-refractivity contribution in [2.75, 3.05) is 0 Å². The number of aromatic nitrogens is 1. The van der Waals surface area contributed by atoms with Crippen molar-refractivity contribution in [3.8, 4) is 0 Å². The third kappa shape index (κ3) is 1.23. The van der Waals surface area contributed by atoms with Crippen LogP contribution in [0.4, 0.5) is 0 Å². The molecular formula is C11H9NO2. The van der Waals surface area contributed by atoms with E-state index in [1.807, 2.05) is 12.1 Å². The van der Waals surface area contributed by atoms with E-state index >= 15 is 0 Å². The number of hydrogen-bond acceptors (Lipinski definition) is 2. The van der Waals surface area contributed by atoms with Crippen molar-refractivity contribution in [2.45, 2.75) is 6.92 Å². The smallest absolute Gasteiger partial charge is 0.336 e. The Morgan fingerprint density at radius 3 is 2.86 bits per heavy atom. The summed E-state index contributed by atoms with van der Waals surface area (Å²) in [5.41, 5.74) is 1.79. The number of fused-ring (bicyclic) bond motifs is 1. The van der Waals surface area contributed by atoms with Gasteiger partial charge in [-0.3, -0.25) is 4.98 Å². The van der Waals surface area contributed by atoms with Crippen molar-refractivity contribution in [2.24, 2.45) is 0 Å². The Morgan fingerprint density at radius 1 is 1.36 bits per heavy atom. The van der Waals surface area contributed by atoms with Gasteiger partial charge >= 0.3 is 5.97 Å². The van der Waals surface area contributed by atoms with E-state index in [1.54, 1.807) is 25.3 Å². The van der Waals surface area contributed by atoms with Crippen molar-refractivity contribution in [3.05, 3.63) is 41.6 Å². The summed E-state index contributed by atoms with van der Waals surface area (Å²) in [5, 5.41) is 9.86. The molecule has 0 atom stereocenters. The second kappa shape index (κ2) is 3.10. The molecular weight excluding hydrogens is 178 g/mol. The highest BCUT2D eigenvalue weighted by atomic mass is 16.4. The number of benzene rings is 1. The van der Waals surface area contributed by atoms with Crippen molar-refractivity contribution in [1.82, 2.24) is 4.98 Å². The second-order valence-electron chi connectivity index (χ2n) is 3.12. The maximum Gasteiger partial charge on any atom is 0.336 e. The zero-order valence-corrected chi connectivity index (χ0v) is 7.69. The van der Waals surface area contributed by atoms with E-state index in [2.05, 4.69) is 4.98 Å². The first-order valence-electron chi connectivity index (χ1n) is 4.28. The van der Waals surface area contributed by atoms with Gasteiger partial charge in [0, 0.05) is 11.6 Å². The van der Waals surface area contributed by atoms with Crippen LogP contribution in [0.2, 0.25) is 0 Å². The highest BCUT2D eigenvalue weighted by Crippen LogP contribution is 2.19. The Morgan fingerprint density at radius 2 is 2.14 bits per heavy atom. The summed E-state index contributed by atoms with van der Waals surface area (Å²) in [5.74, 6) is -0.907. The maximum absolute atomic E-state index is 10.8. The number of nitrogens with zero attached hydrogens (tertiary/aromatic N) is 1. The standard InChI is InChI=1S/C11H9NO2/c1-7-9(11(13)14)5-4-8-3-2-6-12-10(7)8/h2-6H,1H3,(H,13,14). The molecule has 0 unspecified atom stereocenters. The Balaban J connectivity index is 2.81. The minimum atomic E-state index is -0.907. The van der Waals surface area contributed by atoms with E-state index in [0.29, 0.717) is 5.56 Å². The lowest BCUT2D eigenvalue weighted by molar-refractivity contribution is 0.0696. The molecule has 0 saturated heterocycles. The Hall–Kier alpha value is -1.90. The predicted molar refractivity (Wildman–Crippen MR) is 53.4 cm³/mol. The van der Waals surface area contributed by atoms with E-state index in [0.717, 1.165) is 16.5 Å². The van der Waals surface area contributed by atoms with Gasteiger partial charge in [0.1, 0.15) is 0 Å². The summed E-state index contributed by atoms with van der Waals surface area (Å²) in [6, 6.07) is 7.14. The summed E-state index contributed by atoms with van der Waals surface area (Å²) < 4.78 is 0. The molecule has 2 aromatic rings. The van der Waals surface area contributed by atoms with Crippen LogP contribution >= 0.6 is 0 Å². The molecule has 0 saturated carbocycles. The molecule has 1 aromatic carbocycles. The lowest BCUT2D eigenvalue weighted by Gasteiger charge is -2.03. The molecule has 0 amide bonds. The van der Waals surface area contributed by atoms with Gasteiger partial charge < -0.3 is 5.11 Å². The minimum Gasteiger partial charge on any atom is -0.478 e. The average Bonchev–Trinajstić information content (AvgIpc) is 2.18. The first kappa shape index (κ1) is 8.69. The van der Waals surface area contributed by atoms with Gasteiger partial charge in [-0.25, -0.2) is 4.79 Å². The van der Waals surface area contributed by atoms with E-state index in [4.69, 9.17) is 5.11 Å². The molecule has 1 aromatic heterocycles. The fourth-order valence-electron chi connectivity index (χ4n) is 1.52. The number of aromatic carboxylic acids is 1. The topological polar surface area (TPSA) is 50.2 Å². The minimum absolute atomic E-state index is 0.316. The molecule has 70 valence electrons. The molecule has 0 aliphatic heterocycles. The number of aryl methyl sites for hydroxylation is 1. The third-order valence-electron chi connectivity index (χ3n) is 2.26. The van der Waals surface area contributed by atoms with Gasteiger partial charge in [-0.05, 0) is 24.6 Å². The second-order valence-corrected chi connectivity index (χ2v) is 3.12. The number of pyridine rings is 1. The molecule has 3 heteroatoms. The quantitative estimate of drug-likeness (QED) is 0.744. The molecule has 0 radical (unpaired) electrons. The predicted octanol–water partition coefficient (Wildman–Crippen LogP) is 2.24. The van der Waals surface area contributed by atoms with Crippen molar-refractivity contribution in [3.63, 3.8) is 0 Å². The molecule has 3 nitrogen and oxygen atoms in total. The Labute approximate surface area is 81.0 Å². The zero-order valence-electron chi connectivity index (χ0n) is 7.69. The van der Waals surface area contributed by atoms with Gasteiger partial charge in [0.15, 0.2) is 0 Å². The number of carboxylic acid groups (broad SMARTS) is 1. The van der Waals surface area contributed by atoms with Crippen molar-refractivity contribution in [1.29, 1.82) is 0 Å². The summed E-state index contributed by atoms with van der Waals surface area (Å²) in [7, 11) is 0. The van der Waals surface area contributed by atoms with E-state index in [9.17, 15) is 4.79 Å². The van der Waals surface area contributed by atoms with Gasteiger partial charge in [-0.1, -0.05) is 12.1 Å². The normalized spacial score (nSPS) is 10.4. The molecule has 0 bridgehead atoms. The molecule has 1 N–H and O–H groups in total. The van der Waals surface area contributed by atoms with Gasteiger partial charge in [-0.2, -0.15) is 0 Å². The lowest BCUT2D eigenvalue weighted by atomic mass is 10.0. The van der Waals surface area contributed by atoms with Crippen LogP contribution in [0.5, 0.6) is 0 Å². The van der Waals surface area contributed by atoms with Crippen molar-refractivity contribution >= 4 is 16.9 Å². The highest BCUT2D eigenvalue weighted by Gasteiger charge is 2.09. The van der Waals surface area contributed by atoms with Crippen molar-refractivity contribution < 1.29 is 9.90 Å². The summed E-state index contributed by atoms with van der Waals surface area (Å²) in [4.78, 5) is 15.0. The van der Waals surface area contributed by atoms with Gasteiger partial charge in [0.05, 0.1) is 11.1 Å².